The predicted octanol–water partition coefficient (Wildman–Crippen LogP) is 2.61. The highest BCUT2D eigenvalue weighted by atomic mass is 32.2. The van der Waals surface area contributed by atoms with Gasteiger partial charge in [0.25, 0.3) is 0 Å². The summed E-state index contributed by atoms with van der Waals surface area (Å²) >= 11 is 0. The molecule has 7 heteroatoms. The van der Waals surface area contributed by atoms with Gasteiger partial charge in [0.2, 0.25) is 15.9 Å². The van der Waals surface area contributed by atoms with Crippen LogP contribution < -0.4 is 5.32 Å². The topological polar surface area (TPSA) is 75.7 Å². The van der Waals surface area contributed by atoms with Crippen LogP contribution in [-0.4, -0.2) is 52.0 Å². The van der Waals surface area contributed by atoms with Crippen molar-refractivity contribution in [1.29, 1.82) is 0 Å². The van der Waals surface area contributed by atoms with Gasteiger partial charge in [-0.25, -0.2) is 8.42 Å². The van der Waals surface area contributed by atoms with Crippen LogP contribution in [0.3, 0.4) is 0 Å². The monoisotopic (exact) mass is 418 g/mol. The number of methoxy groups -OCH3 is 1. The summed E-state index contributed by atoms with van der Waals surface area (Å²) in [5.41, 5.74) is 3.40. The Hall–Kier alpha value is -2.22. The van der Waals surface area contributed by atoms with Crippen LogP contribution in [0.4, 0.5) is 0 Å². The van der Waals surface area contributed by atoms with E-state index in [2.05, 4.69) is 5.32 Å². The van der Waals surface area contributed by atoms with Crippen molar-refractivity contribution in [3.05, 3.63) is 64.7 Å². The third-order valence-corrected chi connectivity index (χ3v) is 6.79. The minimum atomic E-state index is -3.83. The first-order valence-electron chi connectivity index (χ1n) is 9.63. The average molecular weight is 419 g/mol. The molecular weight excluding hydrogens is 388 g/mol. The first kappa shape index (κ1) is 23.1. The van der Waals surface area contributed by atoms with E-state index in [-0.39, 0.29) is 23.9 Å². The summed E-state index contributed by atoms with van der Waals surface area (Å²) in [6.07, 6.45) is 0.523. The summed E-state index contributed by atoms with van der Waals surface area (Å²) in [5, 5.41) is 2.70. The van der Waals surface area contributed by atoms with Gasteiger partial charge in [0.05, 0.1) is 18.0 Å². The second kappa shape index (κ2) is 10.5. The Balaban J connectivity index is 2.30. The second-order valence-corrected chi connectivity index (χ2v) is 9.02. The normalized spacial score (nSPS) is 11.6. The van der Waals surface area contributed by atoms with Crippen LogP contribution in [0.1, 0.15) is 22.3 Å². The molecule has 6 nitrogen and oxygen atoms in total. The Kier molecular flexibility index (Phi) is 8.37. The minimum Gasteiger partial charge on any atom is -0.383 e. The van der Waals surface area contributed by atoms with Gasteiger partial charge >= 0.3 is 0 Å². The van der Waals surface area contributed by atoms with Crippen molar-refractivity contribution in [3.8, 4) is 0 Å². The van der Waals surface area contributed by atoms with E-state index >= 15 is 0 Å². The second-order valence-electron chi connectivity index (χ2n) is 7.14. The lowest BCUT2D eigenvalue weighted by atomic mass is 10.1. The van der Waals surface area contributed by atoms with Gasteiger partial charge in [-0.05, 0) is 43.9 Å². The van der Waals surface area contributed by atoms with E-state index in [1.165, 1.54) is 4.31 Å². The lowest BCUT2D eigenvalue weighted by Gasteiger charge is -2.24. The molecule has 2 aromatic carbocycles. The fraction of sp³-hybridized carbons (Fsp3) is 0.409. The summed E-state index contributed by atoms with van der Waals surface area (Å²) in [7, 11) is -2.29. The molecule has 0 radical (unpaired) electrons. The van der Waals surface area contributed by atoms with E-state index < -0.39 is 10.0 Å². The van der Waals surface area contributed by atoms with Gasteiger partial charge < -0.3 is 10.1 Å². The number of ether oxygens (including phenoxy) is 1. The third-order valence-electron chi connectivity index (χ3n) is 4.64. The molecule has 0 aliphatic rings. The number of amides is 1. The first-order chi connectivity index (χ1) is 13.8. The van der Waals surface area contributed by atoms with E-state index in [9.17, 15) is 13.2 Å². The van der Waals surface area contributed by atoms with Crippen LogP contribution in [0.2, 0.25) is 0 Å². The van der Waals surface area contributed by atoms with Crippen LogP contribution in [0.5, 0.6) is 0 Å². The van der Waals surface area contributed by atoms with Crippen LogP contribution in [0, 0.1) is 20.8 Å². The smallest absolute Gasteiger partial charge is 0.244 e. The zero-order valence-corrected chi connectivity index (χ0v) is 18.4. The molecule has 0 saturated heterocycles. The highest BCUT2D eigenvalue weighted by molar-refractivity contribution is 7.89. The predicted molar refractivity (Wildman–Crippen MR) is 114 cm³/mol. The van der Waals surface area contributed by atoms with Crippen LogP contribution in [-0.2, 0) is 26.0 Å². The van der Waals surface area contributed by atoms with Gasteiger partial charge in [-0.1, -0.05) is 48.0 Å². The number of nitrogens with zero attached hydrogens (tertiary/aromatic N) is 1. The molecule has 2 rings (SSSR count). The molecular formula is C22H30N2O4S. The maximum Gasteiger partial charge on any atom is 0.244 e. The lowest BCUT2D eigenvalue weighted by Crippen LogP contribution is -2.42. The summed E-state index contributed by atoms with van der Waals surface area (Å²) in [5.74, 6) is -0.346. The van der Waals surface area contributed by atoms with Crippen molar-refractivity contribution in [1.82, 2.24) is 9.62 Å². The van der Waals surface area contributed by atoms with Crippen molar-refractivity contribution in [2.24, 2.45) is 0 Å². The number of carbonyl (C=O) groups is 1. The molecule has 0 spiro atoms. The molecule has 0 aromatic heterocycles. The summed E-state index contributed by atoms with van der Waals surface area (Å²) in [6.45, 7) is 6.22. The van der Waals surface area contributed by atoms with Crippen molar-refractivity contribution in [2.75, 3.05) is 33.4 Å². The van der Waals surface area contributed by atoms with Gasteiger partial charge in [-0.15, -0.1) is 0 Å². The van der Waals surface area contributed by atoms with E-state index in [1.54, 1.807) is 21.0 Å². The molecule has 2 aromatic rings. The molecule has 158 valence electrons. The molecule has 0 atom stereocenters. The molecule has 1 N–H and O–H groups in total. The SMILES string of the molecule is COCCNC(=O)CN(CCc1ccccc1)S(=O)(=O)c1c(C)cc(C)cc1C. The molecule has 0 aliphatic heterocycles. The summed E-state index contributed by atoms with van der Waals surface area (Å²) in [4.78, 5) is 12.6. The third kappa shape index (κ3) is 6.39. The van der Waals surface area contributed by atoms with Crippen molar-refractivity contribution in [2.45, 2.75) is 32.1 Å². The largest absolute Gasteiger partial charge is 0.383 e. The molecule has 0 saturated carbocycles. The number of benzene rings is 2. The van der Waals surface area contributed by atoms with E-state index in [4.69, 9.17) is 4.74 Å². The van der Waals surface area contributed by atoms with E-state index in [0.717, 1.165) is 11.1 Å². The molecule has 29 heavy (non-hydrogen) atoms. The summed E-state index contributed by atoms with van der Waals surface area (Å²) in [6, 6.07) is 13.4. The Morgan fingerprint density at radius 2 is 1.69 bits per heavy atom. The van der Waals surface area contributed by atoms with Crippen LogP contribution >= 0.6 is 0 Å². The number of aryl methyl sites for hydroxylation is 3. The fourth-order valence-electron chi connectivity index (χ4n) is 3.39. The van der Waals surface area contributed by atoms with E-state index in [0.29, 0.717) is 30.7 Å². The van der Waals surface area contributed by atoms with Gasteiger partial charge in [0, 0.05) is 20.2 Å². The van der Waals surface area contributed by atoms with Crippen LogP contribution in [0.25, 0.3) is 0 Å². The zero-order chi connectivity index (χ0) is 21.4. The number of rotatable bonds is 10. The Labute approximate surface area is 173 Å². The molecule has 0 aliphatic carbocycles. The number of sulfonamides is 1. The molecule has 1 amide bonds. The van der Waals surface area contributed by atoms with Gasteiger partial charge in [0.15, 0.2) is 0 Å². The summed E-state index contributed by atoms with van der Waals surface area (Å²) < 4.78 is 33.2. The molecule has 0 bridgehead atoms. The maximum absolute atomic E-state index is 13.5. The number of hydrogen-bond donors (Lipinski definition) is 1. The quantitative estimate of drug-likeness (QED) is 0.602. The average Bonchev–Trinajstić information content (AvgIpc) is 2.65. The number of carbonyl (C=O) groups excluding carboxylic acids is 1. The van der Waals surface area contributed by atoms with Gasteiger partial charge in [-0.3, -0.25) is 4.79 Å². The molecule has 0 unspecified atom stereocenters. The molecule has 0 heterocycles. The Bertz CT molecular complexity index is 904. The highest BCUT2D eigenvalue weighted by Crippen LogP contribution is 2.25. The fourth-order valence-corrected chi connectivity index (χ4v) is 5.20. The van der Waals surface area contributed by atoms with Crippen molar-refractivity contribution >= 4 is 15.9 Å². The standard InChI is InChI=1S/C22H30N2O4S/c1-17-14-18(2)22(19(3)15-17)29(26,27)24(16-21(25)23-11-13-28-4)12-10-20-8-6-5-7-9-20/h5-9,14-15H,10-13,16H2,1-4H3,(H,23,25). The Morgan fingerprint density at radius 1 is 1.07 bits per heavy atom. The van der Waals surface area contributed by atoms with E-state index in [1.807, 2.05) is 49.4 Å². The number of nitrogens with one attached hydrogen (secondary N) is 1. The van der Waals surface area contributed by atoms with Gasteiger partial charge in [-0.2, -0.15) is 4.31 Å². The van der Waals surface area contributed by atoms with Crippen molar-refractivity contribution in [3.63, 3.8) is 0 Å². The molecule has 0 fully saturated rings. The zero-order valence-electron chi connectivity index (χ0n) is 17.6. The number of hydrogen-bond acceptors (Lipinski definition) is 4. The first-order valence-corrected chi connectivity index (χ1v) is 11.1. The maximum atomic E-state index is 13.5. The Morgan fingerprint density at radius 3 is 2.28 bits per heavy atom. The lowest BCUT2D eigenvalue weighted by molar-refractivity contribution is -0.121. The van der Waals surface area contributed by atoms with Crippen LogP contribution in [0.15, 0.2) is 47.4 Å². The van der Waals surface area contributed by atoms with Gasteiger partial charge in [0.1, 0.15) is 0 Å². The minimum absolute atomic E-state index is 0.219. The van der Waals surface area contributed by atoms with Crippen molar-refractivity contribution < 1.29 is 17.9 Å². The highest BCUT2D eigenvalue weighted by Gasteiger charge is 2.29.